The predicted octanol–water partition coefficient (Wildman–Crippen LogP) is 4.89. The molecule has 0 N–H and O–H groups in total. The minimum absolute atomic E-state index is 0.194. The Morgan fingerprint density at radius 2 is 1.82 bits per heavy atom. The number of aromatic nitrogens is 2. The highest BCUT2D eigenvalue weighted by atomic mass is 16.1. The molecule has 1 aromatic heterocycles. The first-order chi connectivity index (χ1) is 10.5. The van der Waals surface area contributed by atoms with E-state index in [9.17, 15) is 4.79 Å². The molecule has 0 radical (unpaired) electrons. The summed E-state index contributed by atoms with van der Waals surface area (Å²) < 4.78 is 2.25. The molecule has 0 aromatic carbocycles. The standard InChI is InChI=1S/C19H28N2O/c1-12(2)19(14(4)22)13(3)18-11-17(15-9-10-15)20-21(18)16-7-5-6-8-16/h11-12,15-16H,5-10H2,1-4H3. The Hall–Kier alpha value is -1.38. The quantitative estimate of drug-likeness (QED) is 0.725. The van der Waals surface area contributed by atoms with Gasteiger partial charge in [0.05, 0.1) is 17.4 Å². The smallest absolute Gasteiger partial charge is 0.156 e. The second kappa shape index (κ2) is 6.02. The van der Waals surface area contributed by atoms with E-state index in [2.05, 4.69) is 31.5 Å². The van der Waals surface area contributed by atoms with E-state index in [1.54, 1.807) is 6.92 Å². The first-order valence-electron chi connectivity index (χ1n) is 8.80. The maximum atomic E-state index is 12.1. The highest BCUT2D eigenvalue weighted by Gasteiger charge is 2.30. The van der Waals surface area contributed by atoms with E-state index in [4.69, 9.17) is 5.10 Å². The van der Waals surface area contributed by atoms with Gasteiger partial charge in [-0.05, 0) is 57.1 Å². The molecule has 2 aliphatic carbocycles. The third-order valence-electron chi connectivity index (χ3n) is 5.17. The molecule has 0 unspecified atom stereocenters. The van der Waals surface area contributed by atoms with E-state index in [1.165, 1.54) is 49.9 Å². The third kappa shape index (κ3) is 2.90. The topological polar surface area (TPSA) is 34.9 Å². The summed E-state index contributed by atoms with van der Waals surface area (Å²) in [5, 5.41) is 4.95. The molecule has 0 aliphatic heterocycles. The lowest BCUT2D eigenvalue weighted by atomic mass is 9.93. The van der Waals surface area contributed by atoms with Crippen molar-refractivity contribution in [1.29, 1.82) is 0 Å². The molecule has 1 heterocycles. The SMILES string of the molecule is CC(=O)C(=C(C)c1cc(C2CC2)nn1C1CCCC1)C(C)C. The van der Waals surface area contributed by atoms with Crippen LogP contribution < -0.4 is 0 Å². The second-order valence-electron chi connectivity index (χ2n) is 7.36. The van der Waals surface area contributed by atoms with E-state index in [1.807, 2.05) is 0 Å². The van der Waals surface area contributed by atoms with E-state index < -0.39 is 0 Å². The highest BCUT2D eigenvalue weighted by Crippen LogP contribution is 2.42. The van der Waals surface area contributed by atoms with Gasteiger partial charge in [-0.2, -0.15) is 5.10 Å². The summed E-state index contributed by atoms with van der Waals surface area (Å²) in [4.78, 5) is 12.1. The zero-order chi connectivity index (χ0) is 15.9. The average molecular weight is 300 g/mol. The van der Waals surface area contributed by atoms with Crippen molar-refractivity contribution in [2.45, 2.75) is 78.2 Å². The number of ketones is 1. The van der Waals surface area contributed by atoms with Gasteiger partial charge < -0.3 is 0 Å². The average Bonchev–Trinajstić information content (AvgIpc) is 3.00. The summed E-state index contributed by atoms with van der Waals surface area (Å²) in [6.45, 7) is 8.02. The van der Waals surface area contributed by atoms with Crippen LogP contribution in [0.15, 0.2) is 11.6 Å². The molecule has 2 aliphatic rings. The minimum atomic E-state index is 0.194. The minimum Gasteiger partial charge on any atom is -0.295 e. The molecule has 1 aromatic rings. The summed E-state index contributed by atoms with van der Waals surface area (Å²) in [5.74, 6) is 1.11. The second-order valence-corrected chi connectivity index (χ2v) is 7.36. The number of carbonyl (C=O) groups is 1. The highest BCUT2D eigenvalue weighted by molar-refractivity contribution is 6.00. The van der Waals surface area contributed by atoms with Gasteiger partial charge >= 0.3 is 0 Å². The van der Waals surface area contributed by atoms with Gasteiger partial charge in [0, 0.05) is 11.5 Å². The van der Waals surface area contributed by atoms with Crippen molar-refractivity contribution in [3.8, 4) is 0 Å². The summed E-state index contributed by atoms with van der Waals surface area (Å²) >= 11 is 0. The molecule has 3 heteroatoms. The molecule has 0 spiro atoms. The lowest BCUT2D eigenvalue weighted by Gasteiger charge is -2.18. The van der Waals surface area contributed by atoms with Gasteiger partial charge in [-0.15, -0.1) is 0 Å². The van der Waals surface area contributed by atoms with Gasteiger partial charge in [0.25, 0.3) is 0 Å². The van der Waals surface area contributed by atoms with Crippen molar-refractivity contribution in [2.75, 3.05) is 0 Å². The largest absolute Gasteiger partial charge is 0.295 e. The first-order valence-corrected chi connectivity index (χ1v) is 8.80. The Morgan fingerprint density at radius 1 is 1.18 bits per heavy atom. The van der Waals surface area contributed by atoms with Crippen molar-refractivity contribution in [2.24, 2.45) is 5.92 Å². The predicted molar refractivity (Wildman–Crippen MR) is 89.8 cm³/mol. The molecule has 3 nitrogen and oxygen atoms in total. The van der Waals surface area contributed by atoms with Crippen LogP contribution >= 0.6 is 0 Å². The van der Waals surface area contributed by atoms with Crippen molar-refractivity contribution < 1.29 is 4.79 Å². The molecule has 2 fully saturated rings. The molecule has 3 rings (SSSR count). The lowest BCUT2D eigenvalue weighted by molar-refractivity contribution is -0.113. The summed E-state index contributed by atoms with van der Waals surface area (Å²) in [6, 6.07) is 2.79. The van der Waals surface area contributed by atoms with Crippen LogP contribution in [0.25, 0.3) is 5.57 Å². The molecule has 120 valence electrons. The summed E-state index contributed by atoms with van der Waals surface area (Å²) in [5.41, 5.74) is 4.52. The number of allylic oxidation sites excluding steroid dienone is 2. The van der Waals surface area contributed by atoms with Crippen LogP contribution in [0.4, 0.5) is 0 Å². The first kappa shape index (κ1) is 15.5. The summed E-state index contributed by atoms with van der Waals surface area (Å²) in [7, 11) is 0. The molecule has 2 saturated carbocycles. The van der Waals surface area contributed by atoms with Crippen LogP contribution in [0.2, 0.25) is 0 Å². The fraction of sp³-hybridized carbons (Fsp3) is 0.684. The van der Waals surface area contributed by atoms with Gasteiger partial charge in [-0.1, -0.05) is 26.7 Å². The van der Waals surface area contributed by atoms with Gasteiger partial charge in [0.2, 0.25) is 0 Å². The maximum absolute atomic E-state index is 12.1. The maximum Gasteiger partial charge on any atom is 0.156 e. The lowest BCUT2D eigenvalue weighted by Crippen LogP contribution is -2.13. The molecular weight excluding hydrogens is 272 g/mol. The van der Waals surface area contributed by atoms with E-state index in [0.717, 1.165) is 11.1 Å². The Kier molecular flexibility index (Phi) is 4.24. The van der Waals surface area contributed by atoms with E-state index >= 15 is 0 Å². The fourth-order valence-electron chi connectivity index (χ4n) is 3.94. The number of hydrogen-bond donors (Lipinski definition) is 0. The molecule has 22 heavy (non-hydrogen) atoms. The van der Waals surface area contributed by atoms with Crippen molar-refractivity contribution in [3.63, 3.8) is 0 Å². The molecule has 0 atom stereocenters. The van der Waals surface area contributed by atoms with E-state index in [0.29, 0.717) is 12.0 Å². The van der Waals surface area contributed by atoms with Crippen LogP contribution in [0.3, 0.4) is 0 Å². The Morgan fingerprint density at radius 3 is 2.32 bits per heavy atom. The number of hydrogen-bond acceptors (Lipinski definition) is 2. The number of rotatable bonds is 5. The van der Waals surface area contributed by atoms with Gasteiger partial charge in [-0.25, -0.2) is 0 Å². The fourth-order valence-corrected chi connectivity index (χ4v) is 3.94. The molecule has 0 saturated heterocycles. The summed E-state index contributed by atoms with van der Waals surface area (Å²) in [6.07, 6.45) is 7.60. The zero-order valence-corrected chi connectivity index (χ0v) is 14.4. The van der Waals surface area contributed by atoms with Crippen LogP contribution in [-0.4, -0.2) is 15.6 Å². The van der Waals surface area contributed by atoms with Crippen molar-refractivity contribution in [1.82, 2.24) is 9.78 Å². The van der Waals surface area contributed by atoms with Crippen LogP contribution in [0.1, 0.15) is 89.6 Å². The Balaban J connectivity index is 2.07. The number of carbonyl (C=O) groups excluding carboxylic acids is 1. The van der Waals surface area contributed by atoms with Crippen LogP contribution in [0.5, 0.6) is 0 Å². The van der Waals surface area contributed by atoms with Crippen LogP contribution in [-0.2, 0) is 4.79 Å². The van der Waals surface area contributed by atoms with Gasteiger partial charge in [-0.3, -0.25) is 9.48 Å². The third-order valence-corrected chi connectivity index (χ3v) is 5.17. The van der Waals surface area contributed by atoms with Gasteiger partial charge in [0.15, 0.2) is 5.78 Å². The monoisotopic (exact) mass is 300 g/mol. The normalized spacial score (nSPS) is 20.6. The van der Waals surface area contributed by atoms with Gasteiger partial charge in [0.1, 0.15) is 0 Å². The Labute approximate surface area is 133 Å². The molecular formula is C19H28N2O. The van der Waals surface area contributed by atoms with Crippen LogP contribution in [0, 0.1) is 5.92 Å². The number of Topliss-reactive ketones (excluding diaryl/α,β-unsaturated/α-hetero) is 1. The zero-order valence-electron chi connectivity index (χ0n) is 14.4. The number of nitrogens with zero attached hydrogens (tertiary/aromatic N) is 2. The van der Waals surface area contributed by atoms with Crippen molar-refractivity contribution in [3.05, 3.63) is 23.0 Å². The molecule has 0 bridgehead atoms. The molecule has 0 amide bonds. The Bertz CT molecular complexity index is 599. The van der Waals surface area contributed by atoms with E-state index in [-0.39, 0.29) is 11.7 Å². The van der Waals surface area contributed by atoms with Crippen molar-refractivity contribution >= 4 is 11.4 Å².